The molecular weight excluding hydrogens is 397 g/mol. The molecule has 0 bridgehead atoms. The molecule has 0 saturated heterocycles. The monoisotopic (exact) mass is 415 g/mol. The lowest BCUT2D eigenvalue weighted by atomic mass is 9.96. The highest BCUT2D eigenvalue weighted by molar-refractivity contribution is 6.30. The SMILES string of the molecule is COC(CN1C(=O)c2[nH]nc(-c3ccc(F)cc3)c2C1c1ccc(Cl)cc1)OC. The summed E-state index contributed by atoms with van der Waals surface area (Å²) >= 11 is 6.06. The molecule has 0 spiro atoms. The van der Waals surface area contributed by atoms with Crippen LogP contribution in [0.4, 0.5) is 4.39 Å². The molecule has 150 valence electrons. The maximum Gasteiger partial charge on any atom is 0.273 e. The lowest BCUT2D eigenvalue weighted by Gasteiger charge is -2.29. The number of halogens is 2. The van der Waals surface area contributed by atoms with E-state index in [1.807, 2.05) is 12.1 Å². The lowest BCUT2D eigenvalue weighted by Crippen LogP contribution is -2.38. The second kappa shape index (κ2) is 7.94. The fraction of sp³-hybridized carbons (Fsp3) is 0.238. The Balaban J connectivity index is 1.84. The van der Waals surface area contributed by atoms with E-state index in [1.165, 1.54) is 26.4 Å². The van der Waals surface area contributed by atoms with Crippen LogP contribution in [0, 0.1) is 5.82 Å². The van der Waals surface area contributed by atoms with Gasteiger partial charge in [-0.05, 0) is 42.0 Å². The maximum absolute atomic E-state index is 13.4. The molecule has 1 aromatic heterocycles. The van der Waals surface area contributed by atoms with Gasteiger partial charge in [0.2, 0.25) is 0 Å². The van der Waals surface area contributed by atoms with Crippen LogP contribution in [-0.4, -0.2) is 48.1 Å². The van der Waals surface area contributed by atoms with Crippen LogP contribution < -0.4 is 0 Å². The summed E-state index contributed by atoms with van der Waals surface area (Å²) in [4.78, 5) is 14.8. The number of aromatic nitrogens is 2. The average molecular weight is 416 g/mol. The van der Waals surface area contributed by atoms with Gasteiger partial charge in [0.1, 0.15) is 11.5 Å². The number of carbonyl (C=O) groups excluding carboxylic acids is 1. The molecule has 1 amide bonds. The van der Waals surface area contributed by atoms with E-state index >= 15 is 0 Å². The summed E-state index contributed by atoms with van der Waals surface area (Å²) in [6.45, 7) is 0.227. The smallest absolute Gasteiger partial charge is 0.273 e. The van der Waals surface area contributed by atoms with Crippen molar-refractivity contribution in [1.82, 2.24) is 15.1 Å². The number of aromatic amines is 1. The second-order valence-corrected chi connectivity index (χ2v) is 7.12. The fourth-order valence-corrected chi connectivity index (χ4v) is 3.74. The molecule has 2 aromatic carbocycles. The van der Waals surface area contributed by atoms with Crippen LogP contribution in [0.2, 0.25) is 5.02 Å². The Morgan fingerprint density at radius 2 is 1.79 bits per heavy atom. The van der Waals surface area contributed by atoms with Crippen molar-refractivity contribution in [1.29, 1.82) is 0 Å². The minimum absolute atomic E-state index is 0.208. The molecule has 8 heteroatoms. The molecule has 2 heterocycles. The van der Waals surface area contributed by atoms with Crippen LogP contribution in [-0.2, 0) is 9.47 Å². The van der Waals surface area contributed by atoms with E-state index < -0.39 is 12.3 Å². The first-order valence-electron chi connectivity index (χ1n) is 8.99. The van der Waals surface area contributed by atoms with Crippen LogP contribution in [0.3, 0.4) is 0 Å². The zero-order valence-electron chi connectivity index (χ0n) is 15.9. The molecule has 0 fully saturated rings. The highest BCUT2D eigenvalue weighted by Crippen LogP contribution is 2.43. The minimum atomic E-state index is -0.583. The van der Waals surface area contributed by atoms with Crippen LogP contribution >= 0.6 is 11.6 Å². The highest BCUT2D eigenvalue weighted by Gasteiger charge is 2.43. The summed E-state index contributed by atoms with van der Waals surface area (Å²) in [6, 6.07) is 12.9. The number of hydrogen-bond donors (Lipinski definition) is 1. The number of ether oxygens (including phenoxy) is 2. The third kappa shape index (κ3) is 3.53. The van der Waals surface area contributed by atoms with Crippen molar-refractivity contribution in [2.24, 2.45) is 0 Å². The number of amides is 1. The van der Waals surface area contributed by atoms with Gasteiger partial charge < -0.3 is 14.4 Å². The van der Waals surface area contributed by atoms with Crippen molar-refractivity contribution >= 4 is 17.5 Å². The number of methoxy groups -OCH3 is 2. The largest absolute Gasteiger partial charge is 0.354 e. The number of rotatable bonds is 6. The second-order valence-electron chi connectivity index (χ2n) is 6.68. The topological polar surface area (TPSA) is 67.5 Å². The summed E-state index contributed by atoms with van der Waals surface area (Å²) in [5, 5.41) is 7.81. The Hall–Kier alpha value is -2.74. The fourth-order valence-electron chi connectivity index (χ4n) is 3.61. The predicted octanol–water partition coefficient (Wildman–Crippen LogP) is 4.03. The van der Waals surface area contributed by atoms with Gasteiger partial charge in [0.15, 0.2) is 6.29 Å². The third-order valence-corrected chi connectivity index (χ3v) is 5.29. The van der Waals surface area contributed by atoms with Crippen molar-refractivity contribution in [2.75, 3.05) is 20.8 Å². The summed E-state index contributed by atoms with van der Waals surface area (Å²) in [6.07, 6.45) is -0.583. The van der Waals surface area contributed by atoms with E-state index in [0.29, 0.717) is 22.0 Å². The molecule has 1 unspecified atom stereocenters. The maximum atomic E-state index is 13.4. The number of hydrogen-bond acceptors (Lipinski definition) is 4. The molecule has 1 N–H and O–H groups in total. The first-order valence-corrected chi connectivity index (χ1v) is 9.37. The zero-order valence-corrected chi connectivity index (χ0v) is 16.6. The molecule has 0 saturated carbocycles. The first-order chi connectivity index (χ1) is 14.0. The normalized spacial score (nSPS) is 16.0. The standard InChI is InChI=1S/C21H19ClFN3O3/c1-28-16(29-2)11-26-20(13-3-7-14(22)8-4-13)17-18(24-25-19(17)21(26)27)12-5-9-15(23)10-6-12/h3-10,16,20H,11H2,1-2H3,(H,24,25). The molecule has 1 aliphatic rings. The predicted molar refractivity (Wildman–Crippen MR) is 106 cm³/mol. The zero-order chi connectivity index (χ0) is 20.5. The molecule has 1 aliphatic heterocycles. The Bertz CT molecular complexity index is 1020. The van der Waals surface area contributed by atoms with Gasteiger partial charge in [-0.25, -0.2) is 4.39 Å². The van der Waals surface area contributed by atoms with Crippen LogP contribution in [0.25, 0.3) is 11.3 Å². The molecular formula is C21H19ClFN3O3. The Morgan fingerprint density at radius 1 is 1.14 bits per heavy atom. The van der Waals surface area contributed by atoms with Gasteiger partial charge in [-0.2, -0.15) is 5.10 Å². The van der Waals surface area contributed by atoms with E-state index in [9.17, 15) is 9.18 Å². The summed E-state index contributed by atoms with van der Waals surface area (Å²) in [5.74, 6) is -0.546. The molecule has 29 heavy (non-hydrogen) atoms. The van der Waals surface area contributed by atoms with Gasteiger partial charge in [0.25, 0.3) is 5.91 Å². The van der Waals surface area contributed by atoms with Crippen molar-refractivity contribution in [3.05, 3.63) is 76.2 Å². The minimum Gasteiger partial charge on any atom is -0.354 e. The number of H-pyrrole nitrogens is 1. The molecule has 4 rings (SSSR count). The number of fused-ring (bicyclic) bond motifs is 1. The molecule has 1 atom stereocenters. The van der Waals surface area contributed by atoms with Crippen molar-refractivity contribution < 1.29 is 18.7 Å². The van der Waals surface area contributed by atoms with Gasteiger partial charge in [0.05, 0.1) is 18.3 Å². The van der Waals surface area contributed by atoms with E-state index in [2.05, 4.69) is 10.2 Å². The van der Waals surface area contributed by atoms with E-state index in [0.717, 1.165) is 11.1 Å². The lowest BCUT2D eigenvalue weighted by molar-refractivity contribution is -0.113. The Labute approximate surface area is 172 Å². The van der Waals surface area contributed by atoms with Crippen LogP contribution in [0.5, 0.6) is 0 Å². The van der Waals surface area contributed by atoms with Crippen LogP contribution in [0.1, 0.15) is 27.7 Å². The summed E-state index contributed by atoms with van der Waals surface area (Å²) in [7, 11) is 3.05. The average Bonchev–Trinajstić information content (AvgIpc) is 3.27. The highest BCUT2D eigenvalue weighted by atomic mass is 35.5. The van der Waals surface area contributed by atoms with Crippen molar-refractivity contribution in [2.45, 2.75) is 12.3 Å². The molecule has 0 radical (unpaired) electrons. The number of nitrogens with zero attached hydrogens (tertiary/aromatic N) is 2. The van der Waals surface area contributed by atoms with Crippen LogP contribution in [0.15, 0.2) is 48.5 Å². The van der Waals surface area contributed by atoms with E-state index in [4.69, 9.17) is 21.1 Å². The van der Waals surface area contributed by atoms with Gasteiger partial charge in [0, 0.05) is 30.4 Å². The summed E-state index contributed by atoms with van der Waals surface area (Å²) in [5.41, 5.74) is 3.32. The third-order valence-electron chi connectivity index (χ3n) is 5.04. The first kappa shape index (κ1) is 19.6. The van der Waals surface area contributed by atoms with Gasteiger partial charge in [-0.3, -0.25) is 9.89 Å². The Morgan fingerprint density at radius 3 is 2.41 bits per heavy atom. The summed E-state index contributed by atoms with van der Waals surface area (Å²) < 4.78 is 24.0. The van der Waals surface area contributed by atoms with Gasteiger partial charge in [-0.1, -0.05) is 23.7 Å². The van der Waals surface area contributed by atoms with Crippen molar-refractivity contribution in [3.8, 4) is 11.3 Å². The van der Waals surface area contributed by atoms with Gasteiger partial charge in [-0.15, -0.1) is 0 Å². The van der Waals surface area contributed by atoms with E-state index in [1.54, 1.807) is 29.2 Å². The molecule has 6 nitrogen and oxygen atoms in total. The van der Waals surface area contributed by atoms with Gasteiger partial charge >= 0.3 is 0 Å². The van der Waals surface area contributed by atoms with Crippen molar-refractivity contribution in [3.63, 3.8) is 0 Å². The molecule has 3 aromatic rings. The quantitative estimate of drug-likeness (QED) is 0.617. The number of carbonyl (C=O) groups is 1. The molecule has 0 aliphatic carbocycles. The number of benzene rings is 2. The van der Waals surface area contributed by atoms with E-state index in [-0.39, 0.29) is 18.3 Å². The Kier molecular flexibility index (Phi) is 5.36. The number of nitrogens with one attached hydrogen (secondary N) is 1.